The quantitative estimate of drug-likeness (QED) is 0.904. The molecule has 0 aliphatic heterocycles. The molecule has 1 amide bonds. The first kappa shape index (κ1) is 16.4. The molecule has 0 fully saturated rings. The monoisotopic (exact) mass is 283 g/mol. The van der Waals surface area contributed by atoms with E-state index in [4.69, 9.17) is 9.84 Å². The van der Waals surface area contributed by atoms with Gasteiger partial charge in [-0.25, -0.2) is 9.18 Å². The molecule has 0 aliphatic carbocycles. The molecule has 20 heavy (non-hydrogen) atoms. The van der Waals surface area contributed by atoms with Gasteiger partial charge in [0, 0.05) is 19.7 Å². The average Bonchev–Trinajstić information content (AvgIpc) is 2.34. The van der Waals surface area contributed by atoms with E-state index in [9.17, 15) is 9.18 Å². The summed E-state index contributed by atoms with van der Waals surface area (Å²) < 4.78 is 18.2. The fourth-order valence-electron chi connectivity index (χ4n) is 1.63. The SMILES string of the molecule is CC(C)(C)OC(=O)N(CCCO)Cc1ccc(F)cc1. The predicted molar refractivity (Wildman–Crippen MR) is 74.7 cm³/mol. The summed E-state index contributed by atoms with van der Waals surface area (Å²) in [5.74, 6) is -0.312. The zero-order chi connectivity index (χ0) is 15.2. The maximum Gasteiger partial charge on any atom is 0.410 e. The van der Waals surface area contributed by atoms with E-state index >= 15 is 0 Å². The summed E-state index contributed by atoms with van der Waals surface area (Å²) >= 11 is 0. The predicted octanol–water partition coefficient (Wildman–Crippen LogP) is 2.95. The molecule has 0 radical (unpaired) electrons. The van der Waals surface area contributed by atoms with E-state index in [1.165, 1.54) is 17.0 Å². The number of carbonyl (C=O) groups is 1. The highest BCUT2D eigenvalue weighted by molar-refractivity contribution is 5.68. The second-order valence-corrected chi connectivity index (χ2v) is 5.61. The lowest BCUT2D eigenvalue weighted by molar-refractivity contribution is 0.0224. The Labute approximate surface area is 119 Å². The highest BCUT2D eigenvalue weighted by atomic mass is 19.1. The topological polar surface area (TPSA) is 49.8 Å². The minimum atomic E-state index is -0.572. The lowest BCUT2D eigenvalue weighted by Crippen LogP contribution is -2.37. The Balaban J connectivity index is 2.73. The molecule has 1 N–H and O–H groups in total. The normalized spacial score (nSPS) is 11.2. The highest BCUT2D eigenvalue weighted by Crippen LogP contribution is 2.13. The van der Waals surface area contributed by atoms with Gasteiger partial charge in [-0.15, -0.1) is 0 Å². The van der Waals surface area contributed by atoms with E-state index in [1.54, 1.807) is 32.9 Å². The molecule has 1 rings (SSSR count). The number of ether oxygens (including phenoxy) is 1. The summed E-state index contributed by atoms with van der Waals surface area (Å²) in [6.45, 7) is 6.12. The van der Waals surface area contributed by atoms with Gasteiger partial charge >= 0.3 is 6.09 Å². The zero-order valence-electron chi connectivity index (χ0n) is 12.2. The molecule has 0 spiro atoms. The van der Waals surface area contributed by atoms with Crippen molar-refractivity contribution in [2.45, 2.75) is 39.3 Å². The van der Waals surface area contributed by atoms with Crippen LogP contribution in [0.25, 0.3) is 0 Å². The number of hydrogen-bond acceptors (Lipinski definition) is 3. The fraction of sp³-hybridized carbons (Fsp3) is 0.533. The van der Waals surface area contributed by atoms with Crippen LogP contribution in [-0.4, -0.2) is 34.9 Å². The van der Waals surface area contributed by atoms with Gasteiger partial charge in [-0.05, 0) is 44.9 Å². The van der Waals surface area contributed by atoms with E-state index in [-0.39, 0.29) is 12.4 Å². The number of amides is 1. The second-order valence-electron chi connectivity index (χ2n) is 5.61. The molecule has 0 aromatic heterocycles. The van der Waals surface area contributed by atoms with Crippen LogP contribution in [-0.2, 0) is 11.3 Å². The number of nitrogens with zero attached hydrogens (tertiary/aromatic N) is 1. The van der Waals surface area contributed by atoms with E-state index in [1.807, 2.05) is 0 Å². The molecular weight excluding hydrogens is 261 g/mol. The molecule has 0 unspecified atom stereocenters. The van der Waals surface area contributed by atoms with E-state index in [2.05, 4.69) is 0 Å². The number of hydrogen-bond donors (Lipinski definition) is 1. The van der Waals surface area contributed by atoms with Crippen molar-refractivity contribution < 1.29 is 19.0 Å². The number of carbonyl (C=O) groups excluding carboxylic acids is 1. The van der Waals surface area contributed by atoms with Crippen LogP contribution >= 0.6 is 0 Å². The fourth-order valence-corrected chi connectivity index (χ4v) is 1.63. The molecule has 0 atom stereocenters. The van der Waals surface area contributed by atoms with Gasteiger partial charge in [-0.2, -0.15) is 0 Å². The number of aliphatic hydroxyl groups is 1. The van der Waals surface area contributed by atoms with E-state index in [0.717, 1.165) is 5.56 Å². The molecule has 112 valence electrons. The lowest BCUT2D eigenvalue weighted by Gasteiger charge is -2.27. The Hall–Kier alpha value is -1.62. The van der Waals surface area contributed by atoms with Crippen LogP contribution in [0.2, 0.25) is 0 Å². The van der Waals surface area contributed by atoms with Gasteiger partial charge in [-0.3, -0.25) is 0 Å². The van der Waals surface area contributed by atoms with Crippen molar-refractivity contribution >= 4 is 6.09 Å². The van der Waals surface area contributed by atoms with Crippen molar-refractivity contribution in [1.82, 2.24) is 4.90 Å². The molecule has 0 aliphatic rings. The van der Waals surface area contributed by atoms with Crippen molar-refractivity contribution in [2.75, 3.05) is 13.2 Å². The Bertz CT molecular complexity index is 426. The molecular formula is C15H22FNO3. The maximum atomic E-state index is 12.9. The van der Waals surface area contributed by atoms with Crippen LogP contribution < -0.4 is 0 Å². The van der Waals surface area contributed by atoms with Gasteiger partial charge in [0.05, 0.1) is 0 Å². The van der Waals surface area contributed by atoms with Crippen LogP contribution in [0.5, 0.6) is 0 Å². The van der Waals surface area contributed by atoms with Crippen LogP contribution in [0.3, 0.4) is 0 Å². The Kier molecular flexibility index (Phi) is 5.95. The largest absolute Gasteiger partial charge is 0.444 e. The zero-order valence-corrected chi connectivity index (χ0v) is 12.2. The van der Waals surface area contributed by atoms with Crippen LogP contribution in [0, 0.1) is 5.82 Å². The van der Waals surface area contributed by atoms with Gasteiger partial charge < -0.3 is 14.7 Å². The summed E-state index contributed by atoms with van der Waals surface area (Å²) in [6, 6.07) is 5.97. The van der Waals surface area contributed by atoms with E-state index in [0.29, 0.717) is 19.5 Å². The van der Waals surface area contributed by atoms with Gasteiger partial charge in [-0.1, -0.05) is 12.1 Å². The third kappa shape index (κ3) is 6.02. The third-order valence-corrected chi connectivity index (χ3v) is 2.52. The Morgan fingerprint density at radius 1 is 1.30 bits per heavy atom. The molecule has 5 heteroatoms. The van der Waals surface area contributed by atoms with Crippen molar-refractivity contribution in [3.63, 3.8) is 0 Å². The molecule has 1 aromatic carbocycles. The molecule has 0 heterocycles. The first-order valence-corrected chi connectivity index (χ1v) is 6.65. The van der Waals surface area contributed by atoms with Crippen molar-refractivity contribution in [1.29, 1.82) is 0 Å². The summed E-state index contributed by atoms with van der Waals surface area (Å²) in [4.78, 5) is 13.6. The smallest absolute Gasteiger partial charge is 0.410 e. The molecule has 0 saturated heterocycles. The Morgan fingerprint density at radius 3 is 2.40 bits per heavy atom. The standard InChI is InChI=1S/C15H22FNO3/c1-15(2,3)20-14(19)17(9-4-10-18)11-12-5-7-13(16)8-6-12/h5-8,18H,4,9-11H2,1-3H3. The van der Waals surface area contributed by atoms with Crippen LogP contribution in [0.4, 0.5) is 9.18 Å². The maximum absolute atomic E-state index is 12.9. The van der Waals surface area contributed by atoms with E-state index < -0.39 is 11.7 Å². The number of halogens is 1. The highest BCUT2D eigenvalue weighted by Gasteiger charge is 2.21. The number of aliphatic hydroxyl groups excluding tert-OH is 1. The van der Waals surface area contributed by atoms with Crippen molar-refractivity contribution in [2.24, 2.45) is 0 Å². The molecule has 0 saturated carbocycles. The van der Waals surface area contributed by atoms with Gasteiger partial charge in [0.15, 0.2) is 0 Å². The summed E-state index contributed by atoms with van der Waals surface area (Å²) in [6.07, 6.45) is 0.0377. The molecule has 0 bridgehead atoms. The minimum absolute atomic E-state index is 0.00269. The number of benzene rings is 1. The Morgan fingerprint density at radius 2 is 1.90 bits per heavy atom. The van der Waals surface area contributed by atoms with Gasteiger partial charge in [0.25, 0.3) is 0 Å². The number of rotatable bonds is 5. The van der Waals surface area contributed by atoms with Crippen LogP contribution in [0.1, 0.15) is 32.8 Å². The summed E-state index contributed by atoms with van der Waals surface area (Å²) in [7, 11) is 0. The first-order valence-electron chi connectivity index (χ1n) is 6.65. The third-order valence-electron chi connectivity index (χ3n) is 2.52. The molecule has 4 nitrogen and oxygen atoms in total. The van der Waals surface area contributed by atoms with Gasteiger partial charge in [0.1, 0.15) is 11.4 Å². The first-order chi connectivity index (χ1) is 9.31. The molecule has 1 aromatic rings. The van der Waals surface area contributed by atoms with Crippen LogP contribution in [0.15, 0.2) is 24.3 Å². The van der Waals surface area contributed by atoms with Gasteiger partial charge in [0.2, 0.25) is 0 Å². The second kappa shape index (κ2) is 7.24. The van der Waals surface area contributed by atoms with Crippen molar-refractivity contribution in [3.05, 3.63) is 35.6 Å². The van der Waals surface area contributed by atoms with Crippen molar-refractivity contribution in [3.8, 4) is 0 Å². The summed E-state index contributed by atoms with van der Waals surface area (Å²) in [5.41, 5.74) is 0.243. The lowest BCUT2D eigenvalue weighted by atomic mass is 10.2. The average molecular weight is 283 g/mol. The summed E-state index contributed by atoms with van der Waals surface area (Å²) in [5, 5.41) is 8.90. The minimum Gasteiger partial charge on any atom is -0.444 e.